The van der Waals surface area contributed by atoms with Crippen LogP contribution in [-0.4, -0.2) is 14.3 Å². The molecule has 2 aromatic rings. The number of benzene rings is 2. The van der Waals surface area contributed by atoms with Crippen LogP contribution < -0.4 is 4.72 Å². The second-order valence-corrected chi connectivity index (χ2v) is 7.45. The molecule has 0 aliphatic carbocycles. The van der Waals surface area contributed by atoms with Crippen molar-refractivity contribution in [3.8, 4) is 0 Å². The summed E-state index contributed by atoms with van der Waals surface area (Å²) in [6.07, 6.45) is 0.432. The summed E-state index contributed by atoms with van der Waals surface area (Å²) < 4.78 is 26.8. The van der Waals surface area contributed by atoms with Crippen molar-refractivity contribution in [1.29, 1.82) is 0 Å². The van der Waals surface area contributed by atoms with Gasteiger partial charge in [-0.1, -0.05) is 41.9 Å². The van der Waals surface area contributed by atoms with E-state index in [9.17, 15) is 13.2 Å². The van der Waals surface area contributed by atoms with Crippen LogP contribution in [0.1, 0.15) is 23.1 Å². The van der Waals surface area contributed by atoms with Crippen LogP contribution >= 0.6 is 11.6 Å². The molecule has 0 atom stereocenters. The topological polar surface area (TPSA) is 63.2 Å². The predicted molar refractivity (Wildman–Crippen MR) is 91.0 cm³/mol. The van der Waals surface area contributed by atoms with E-state index in [0.29, 0.717) is 17.0 Å². The minimum absolute atomic E-state index is 0.0494. The van der Waals surface area contributed by atoms with Crippen molar-refractivity contribution in [3.63, 3.8) is 0 Å². The normalized spacial score (nSPS) is 11.3. The number of hydrogen-bond donors (Lipinski definition) is 1. The van der Waals surface area contributed by atoms with Crippen LogP contribution in [-0.2, 0) is 21.2 Å². The largest absolute Gasteiger partial charge is 0.274 e. The summed E-state index contributed by atoms with van der Waals surface area (Å²) in [6, 6.07) is 12.3. The van der Waals surface area contributed by atoms with Gasteiger partial charge in [0.25, 0.3) is 10.0 Å². The summed E-state index contributed by atoms with van der Waals surface area (Å²) in [4.78, 5) is 12.1. The molecular formula is C17H18ClNO3S. The predicted octanol–water partition coefficient (Wildman–Crippen LogP) is 3.39. The fourth-order valence-electron chi connectivity index (χ4n) is 2.20. The second kappa shape index (κ2) is 7.15. The highest BCUT2D eigenvalue weighted by Gasteiger charge is 2.20. The molecule has 4 nitrogen and oxygen atoms in total. The van der Waals surface area contributed by atoms with Gasteiger partial charge < -0.3 is 0 Å². The van der Waals surface area contributed by atoms with Crippen molar-refractivity contribution in [2.24, 2.45) is 0 Å². The molecule has 0 aliphatic heterocycles. The lowest BCUT2D eigenvalue weighted by Gasteiger charge is -2.10. The molecule has 1 amide bonds. The highest BCUT2D eigenvalue weighted by molar-refractivity contribution is 7.90. The molecule has 0 aliphatic rings. The third kappa shape index (κ3) is 4.56. The Kier molecular flexibility index (Phi) is 5.44. The first-order chi connectivity index (χ1) is 10.8. The number of aryl methyl sites for hydroxylation is 3. The lowest BCUT2D eigenvalue weighted by Crippen LogP contribution is -2.31. The Labute approximate surface area is 141 Å². The van der Waals surface area contributed by atoms with Gasteiger partial charge in [0.1, 0.15) is 0 Å². The van der Waals surface area contributed by atoms with Gasteiger partial charge in [0.05, 0.1) is 4.90 Å². The molecule has 122 valence electrons. The summed E-state index contributed by atoms with van der Waals surface area (Å²) in [6.45, 7) is 3.50. The van der Waals surface area contributed by atoms with Crippen LogP contribution in [0.25, 0.3) is 0 Å². The lowest BCUT2D eigenvalue weighted by molar-refractivity contribution is -0.119. The molecule has 23 heavy (non-hydrogen) atoms. The fourth-order valence-corrected chi connectivity index (χ4v) is 3.78. The molecular weight excluding hydrogens is 334 g/mol. The quantitative estimate of drug-likeness (QED) is 0.898. The van der Waals surface area contributed by atoms with Gasteiger partial charge in [0, 0.05) is 11.4 Å². The molecule has 0 fully saturated rings. The van der Waals surface area contributed by atoms with E-state index < -0.39 is 15.9 Å². The second-order valence-electron chi connectivity index (χ2n) is 5.39. The average molecular weight is 352 g/mol. The first kappa shape index (κ1) is 17.5. The highest BCUT2D eigenvalue weighted by atomic mass is 35.5. The zero-order valence-corrected chi connectivity index (χ0v) is 14.5. The van der Waals surface area contributed by atoms with Gasteiger partial charge in [-0.25, -0.2) is 13.1 Å². The molecule has 1 N–H and O–H groups in total. The summed E-state index contributed by atoms with van der Waals surface area (Å²) in [5.74, 6) is -0.550. The van der Waals surface area contributed by atoms with Gasteiger partial charge in [-0.15, -0.1) is 0 Å². The van der Waals surface area contributed by atoms with Gasteiger partial charge in [0.2, 0.25) is 5.91 Å². The summed E-state index contributed by atoms with van der Waals surface area (Å²) in [7, 11) is -3.86. The number of sulfonamides is 1. The number of halogens is 1. The first-order valence-corrected chi connectivity index (χ1v) is 9.02. The Hall–Kier alpha value is -1.85. The average Bonchev–Trinajstić information content (AvgIpc) is 2.48. The Balaban J connectivity index is 2.07. The fraction of sp³-hybridized carbons (Fsp3) is 0.235. The molecule has 2 rings (SSSR count). The molecule has 2 aromatic carbocycles. The molecule has 0 saturated heterocycles. The Bertz CT molecular complexity index is 831. The standard InChI is InChI=1S/C17H18ClNO3S/c1-12-7-8-13(2)16(11-12)23(21,22)19-17(20)10-9-14-5-3-4-6-15(14)18/h3-8,11H,9-10H2,1-2H3,(H,19,20). The van der Waals surface area contributed by atoms with E-state index >= 15 is 0 Å². The summed E-state index contributed by atoms with van der Waals surface area (Å²) in [5.41, 5.74) is 2.23. The SMILES string of the molecule is Cc1ccc(C)c(S(=O)(=O)NC(=O)CCc2ccccc2Cl)c1. The van der Waals surface area contributed by atoms with Crippen LogP contribution in [0.3, 0.4) is 0 Å². The van der Waals surface area contributed by atoms with Gasteiger partial charge in [-0.05, 0) is 49.1 Å². The lowest BCUT2D eigenvalue weighted by atomic mass is 10.1. The number of carbonyl (C=O) groups excluding carboxylic acids is 1. The van der Waals surface area contributed by atoms with Crippen molar-refractivity contribution in [1.82, 2.24) is 4.72 Å². The van der Waals surface area contributed by atoms with Crippen LogP contribution in [0.15, 0.2) is 47.4 Å². The minimum atomic E-state index is -3.86. The number of nitrogens with one attached hydrogen (secondary N) is 1. The van der Waals surface area contributed by atoms with Gasteiger partial charge in [-0.3, -0.25) is 4.79 Å². The first-order valence-electron chi connectivity index (χ1n) is 7.16. The Morgan fingerprint density at radius 1 is 1.13 bits per heavy atom. The molecule has 0 aromatic heterocycles. The Morgan fingerprint density at radius 3 is 2.52 bits per heavy atom. The molecule has 0 unspecified atom stereocenters. The van der Waals surface area contributed by atoms with E-state index in [2.05, 4.69) is 4.72 Å². The van der Waals surface area contributed by atoms with Gasteiger partial charge >= 0.3 is 0 Å². The maximum atomic E-state index is 12.3. The maximum Gasteiger partial charge on any atom is 0.264 e. The van der Waals surface area contributed by atoms with E-state index in [0.717, 1.165) is 11.1 Å². The minimum Gasteiger partial charge on any atom is -0.274 e. The zero-order chi connectivity index (χ0) is 17.0. The molecule has 0 heterocycles. The van der Waals surface area contributed by atoms with E-state index in [1.807, 2.05) is 18.2 Å². The highest BCUT2D eigenvalue weighted by Crippen LogP contribution is 2.18. The smallest absolute Gasteiger partial charge is 0.264 e. The van der Waals surface area contributed by atoms with Crippen LogP contribution in [0.2, 0.25) is 5.02 Å². The molecule has 0 saturated carbocycles. The molecule has 0 bridgehead atoms. The number of amides is 1. The van der Waals surface area contributed by atoms with Crippen LogP contribution in [0, 0.1) is 13.8 Å². The number of carbonyl (C=O) groups is 1. The van der Waals surface area contributed by atoms with Crippen molar-refractivity contribution in [3.05, 3.63) is 64.2 Å². The Morgan fingerprint density at radius 2 is 1.83 bits per heavy atom. The van der Waals surface area contributed by atoms with E-state index in [-0.39, 0.29) is 11.3 Å². The van der Waals surface area contributed by atoms with Crippen molar-refractivity contribution < 1.29 is 13.2 Å². The zero-order valence-electron chi connectivity index (χ0n) is 13.0. The van der Waals surface area contributed by atoms with E-state index in [1.165, 1.54) is 0 Å². The maximum absolute atomic E-state index is 12.3. The number of hydrogen-bond acceptors (Lipinski definition) is 3. The van der Waals surface area contributed by atoms with Crippen molar-refractivity contribution in [2.45, 2.75) is 31.6 Å². The third-order valence-corrected chi connectivity index (χ3v) is 5.34. The van der Waals surface area contributed by atoms with Crippen LogP contribution in [0.5, 0.6) is 0 Å². The van der Waals surface area contributed by atoms with E-state index in [4.69, 9.17) is 11.6 Å². The van der Waals surface area contributed by atoms with Crippen molar-refractivity contribution >= 4 is 27.5 Å². The van der Waals surface area contributed by atoms with E-state index in [1.54, 1.807) is 38.1 Å². The summed E-state index contributed by atoms with van der Waals surface area (Å²) >= 11 is 6.02. The van der Waals surface area contributed by atoms with Crippen molar-refractivity contribution in [2.75, 3.05) is 0 Å². The molecule has 0 radical (unpaired) electrons. The van der Waals surface area contributed by atoms with Gasteiger partial charge in [-0.2, -0.15) is 0 Å². The number of rotatable bonds is 5. The van der Waals surface area contributed by atoms with Crippen LogP contribution in [0.4, 0.5) is 0 Å². The monoisotopic (exact) mass is 351 g/mol. The summed E-state index contributed by atoms with van der Waals surface area (Å²) in [5, 5.41) is 0.567. The molecule has 6 heteroatoms. The van der Waals surface area contributed by atoms with Gasteiger partial charge in [0.15, 0.2) is 0 Å². The third-order valence-electron chi connectivity index (χ3n) is 3.46. The molecule has 0 spiro atoms.